The molecule has 1 atom stereocenters. The molecule has 28 heavy (non-hydrogen) atoms. The molecule has 1 spiro atoms. The minimum atomic E-state index is -0.0389. The third-order valence-corrected chi connectivity index (χ3v) is 6.31. The molecule has 6 nitrogen and oxygen atoms in total. The van der Waals surface area contributed by atoms with Crippen LogP contribution in [0.4, 0.5) is 0 Å². The fourth-order valence-corrected chi connectivity index (χ4v) is 4.70. The standard InChI is InChI=1S/C22H30N4O2/c1-17-6-7-19(28-17)15-26-11-8-22(9-12-26)13-20(25(2)16-22)21(27)24-14-18-5-3-4-10-23-18/h3-7,10,20H,8-9,11-16H2,1-2H3,(H,24,27). The number of amides is 1. The van der Waals surface area contributed by atoms with Crippen LogP contribution in [-0.4, -0.2) is 53.4 Å². The van der Waals surface area contributed by atoms with Crippen LogP contribution in [0.3, 0.4) is 0 Å². The lowest BCUT2D eigenvalue weighted by atomic mass is 9.76. The number of aryl methyl sites for hydroxylation is 1. The molecule has 0 bridgehead atoms. The summed E-state index contributed by atoms with van der Waals surface area (Å²) in [5, 5.41) is 3.07. The van der Waals surface area contributed by atoms with E-state index in [-0.39, 0.29) is 17.4 Å². The maximum absolute atomic E-state index is 12.8. The third kappa shape index (κ3) is 4.28. The van der Waals surface area contributed by atoms with Crippen molar-refractivity contribution in [3.63, 3.8) is 0 Å². The highest BCUT2D eigenvalue weighted by atomic mass is 16.3. The molecule has 6 heteroatoms. The Labute approximate surface area is 166 Å². The van der Waals surface area contributed by atoms with E-state index >= 15 is 0 Å². The number of aromatic nitrogens is 1. The average Bonchev–Trinajstić information content (AvgIpc) is 3.25. The van der Waals surface area contributed by atoms with Gasteiger partial charge in [0.2, 0.25) is 5.91 Å². The van der Waals surface area contributed by atoms with Crippen molar-refractivity contribution >= 4 is 5.91 Å². The van der Waals surface area contributed by atoms with Crippen LogP contribution in [0.25, 0.3) is 0 Å². The molecule has 2 aromatic rings. The van der Waals surface area contributed by atoms with E-state index in [1.165, 1.54) is 0 Å². The van der Waals surface area contributed by atoms with Gasteiger partial charge in [0, 0.05) is 12.7 Å². The van der Waals surface area contributed by atoms with E-state index in [1.807, 2.05) is 31.2 Å². The first-order chi connectivity index (χ1) is 13.5. The first-order valence-electron chi connectivity index (χ1n) is 10.2. The zero-order valence-electron chi connectivity index (χ0n) is 16.9. The Balaban J connectivity index is 1.29. The van der Waals surface area contributed by atoms with Crippen molar-refractivity contribution in [1.82, 2.24) is 20.1 Å². The molecule has 2 fully saturated rings. The highest BCUT2D eigenvalue weighted by Crippen LogP contribution is 2.43. The molecule has 1 amide bonds. The van der Waals surface area contributed by atoms with E-state index < -0.39 is 0 Å². The van der Waals surface area contributed by atoms with Crippen molar-refractivity contribution in [3.05, 3.63) is 53.7 Å². The monoisotopic (exact) mass is 382 g/mol. The Kier molecular flexibility index (Phi) is 5.51. The normalized spacial score (nSPS) is 22.6. The number of carbonyl (C=O) groups excluding carboxylic acids is 1. The summed E-state index contributed by atoms with van der Waals surface area (Å²) < 4.78 is 5.72. The molecule has 2 aliphatic rings. The Morgan fingerprint density at radius 3 is 2.79 bits per heavy atom. The van der Waals surface area contributed by atoms with Crippen molar-refractivity contribution in [3.8, 4) is 0 Å². The van der Waals surface area contributed by atoms with Crippen LogP contribution in [0, 0.1) is 12.3 Å². The number of likely N-dealkylation sites (tertiary alicyclic amines) is 2. The number of piperidine rings is 1. The van der Waals surface area contributed by atoms with Gasteiger partial charge in [-0.25, -0.2) is 0 Å². The van der Waals surface area contributed by atoms with Gasteiger partial charge in [-0.15, -0.1) is 0 Å². The SMILES string of the molecule is Cc1ccc(CN2CCC3(CC2)CC(C(=O)NCc2ccccn2)N(C)C3)o1. The van der Waals surface area contributed by atoms with Gasteiger partial charge in [-0.2, -0.15) is 0 Å². The lowest BCUT2D eigenvalue weighted by Gasteiger charge is -2.39. The number of furan rings is 1. The largest absolute Gasteiger partial charge is 0.465 e. The molecule has 0 saturated carbocycles. The Hall–Kier alpha value is -2.18. The van der Waals surface area contributed by atoms with Crippen LogP contribution in [0.2, 0.25) is 0 Å². The topological polar surface area (TPSA) is 61.6 Å². The number of pyridine rings is 1. The van der Waals surface area contributed by atoms with Gasteiger partial charge in [0.15, 0.2) is 0 Å². The number of hydrogen-bond acceptors (Lipinski definition) is 5. The number of likely N-dealkylation sites (N-methyl/N-ethyl adjacent to an activating group) is 1. The van der Waals surface area contributed by atoms with Gasteiger partial charge in [-0.3, -0.25) is 19.6 Å². The number of carbonyl (C=O) groups is 1. The molecule has 150 valence electrons. The third-order valence-electron chi connectivity index (χ3n) is 6.31. The molecule has 1 N–H and O–H groups in total. The van der Waals surface area contributed by atoms with Crippen LogP contribution in [0.15, 0.2) is 40.9 Å². The predicted octanol–water partition coefficient (Wildman–Crippen LogP) is 2.59. The Morgan fingerprint density at radius 2 is 2.11 bits per heavy atom. The average molecular weight is 383 g/mol. The molecule has 4 rings (SSSR count). The summed E-state index contributed by atoms with van der Waals surface area (Å²) in [6.45, 7) is 6.50. The van der Waals surface area contributed by atoms with E-state index in [0.29, 0.717) is 6.54 Å². The summed E-state index contributed by atoms with van der Waals surface area (Å²) in [5.41, 5.74) is 1.16. The van der Waals surface area contributed by atoms with Gasteiger partial charge in [0.1, 0.15) is 11.5 Å². The first-order valence-corrected chi connectivity index (χ1v) is 10.2. The summed E-state index contributed by atoms with van der Waals surface area (Å²) in [6.07, 6.45) is 4.99. The Bertz CT molecular complexity index is 796. The van der Waals surface area contributed by atoms with Gasteiger partial charge >= 0.3 is 0 Å². The number of nitrogens with zero attached hydrogens (tertiary/aromatic N) is 3. The van der Waals surface area contributed by atoms with Crippen molar-refractivity contribution in [2.45, 2.75) is 45.3 Å². The molecule has 2 aromatic heterocycles. The summed E-state index contributed by atoms with van der Waals surface area (Å²) >= 11 is 0. The summed E-state index contributed by atoms with van der Waals surface area (Å²) in [6, 6.07) is 9.84. The zero-order chi connectivity index (χ0) is 19.6. The maximum Gasteiger partial charge on any atom is 0.237 e. The van der Waals surface area contributed by atoms with E-state index in [0.717, 1.165) is 62.7 Å². The predicted molar refractivity (Wildman–Crippen MR) is 108 cm³/mol. The zero-order valence-corrected chi connectivity index (χ0v) is 16.9. The molecule has 1 unspecified atom stereocenters. The number of hydrogen-bond donors (Lipinski definition) is 1. The second kappa shape index (κ2) is 8.05. The first kappa shape index (κ1) is 19.2. The fraction of sp³-hybridized carbons (Fsp3) is 0.545. The van der Waals surface area contributed by atoms with Crippen molar-refractivity contribution in [2.75, 3.05) is 26.7 Å². The molecule has 2 aliphatic heterocycles. The smallest absolute Gasteiger partial charge is 0.237 e. The van der Waals surface area contributed by atoms with Crippen LogP contribution in [0.5, 0.6) is 0 Å². The van der Waals surface area contributed by atoms with E-state index in [4.69, 9.17) is 4.42 Å². The number of nitrogens with one attached hydrogen (secondary N) is 1. The quantitative estimate of drug-likeness (QED) is 0.861. The molecule has 0 aliphatic carbocycles. The van der Waals surface area contributed by atoms with Gasteiger partial charge in [-0.05, 0) is 76.0 Å². The van der Waals surface area contributed by atoms with E-state index in [9.17, 15) is 4.79 Å². The molecular weight excluding hydrogens is 352 g/mol. The van der Waals surface area contributed by atoms with E-state index in [2.05, 4.69) is 33.2 Å². The second-order valence-corrected chi connectivity index (χ2v) is 8.46. The molecular formula is C22H30N4O2. The summed E-state index contributed by atoms with van der Waals surface area (Å²) in [7, 11) is 2.08. The number of rotatable bonds is 5. The van der Waals surface area contributed by atoms with Gasteiger partial charge in [0.05, 0.1) is 24.8 Å². The summed E-state index contributed by atoms with van der Waals surface area (Å²) in [5.74, 6) is 2.14. The molecule has 2 saturated heterocycles. The van der Waals surface area contributed by atoms with Gasteiger partial charge in [-0.1, -0.05) is 6.07 Å². The fourth-order valence-electron chi connectivity index (χ4n) is 4.70. The maximum atomic E-state index is 12.8. The minimum absolute atomic E-state index is 0.0389. The molecule has 4 heterocycles. The van der Waals surface area contributed by atoms with Crippen LogP contribution >= 0.6 is 0 Å². The van der Waals surface area contributed by atoms with E-state index in [1.54, 1.807) is 6.20 Å². The van der Waals surface area contributed by atoms with Gasteiger partial charge < -0.3 is 9.73 Å². The minimum Gasteiger partial charge on any atom is -0.465 e. The highest BCUT2D eigenvalue weighted by Gasteiger charge is 2.46. The van der Waals surface area contributed by atoms with Crippen LogP contribution in [0.1, 0.15) is 36.5 Å². The van der Waals surface area contributed by atoms with Gasteiger partial charge in [0.25, 0.3) is 0 Å². The lowest BCUT2D eigenvalue weighted by Crippen LogP contribution is -2.41. The summed E-state index contributed by atoms with van der Waals surface area (Å²) in [4.78, 5) is 21.7. The highest BCUT2D eigenvalue weighted by molar-refractivity contribution is 5.82. The lowest BCUT2D eigenvalue weighted by molar-refractivity contribution is -0.125. The van der Waals surface area contributed by atoms with Crippen molar-refractivity contribution < 1.29 is 9.21 Å². The molecule has 0 radical (unpaired) electrons. The Morgan fingerprint density at radius 1 is 1.29 bits per heavy atom. The second-order valence-electron chi connectivity index (χ2n) is 8.46. The van der Waals surface area contributed by atoms with Crippen LogP contribution in [-0.2, 0) is 17.9 Å². The van der Waals surface area contributed by atoms with Crippen molar-refractivity contribution in [1.29, 1.82) is 0 Å². The van der Waals surface area contributed by atoms with Crippen LogP contribution < -0.4 is 5.32 Å². The van der Waals surface area contributed by atoms with Crippen molar-refractivity contribution in [2.24, 2.45) is 5.41 Å². The molecule has 0 aromatic carbocycles.